The van der Waals surface area contributed by atoms with Gasteiger partial charge in [0.25, 0.3) is 0 Å². The molecule has 1 aromatic heterocycles. The summed E-state index contributed by atoms with van der Waals surface area (Å²) in [5.41, 5.74) is 4.03. The van der Waals surface area contributed by atoms with Gasteiger partial charge in [0.05, 0.1) is 23.4 Å². The number of ether oxygens (including phenoxy) is 1. The normalized spacial score (nSPS) is 11.3. The fourth-order valence-corrected chi connectivity index (χ4v) is 3.50. The molecule has 0 spiro atoms. The first-order chi connectivity index (χ1) is 14.5. The molecule has 0 N–H and O–H groups in total. The molecule has 0 fully saturated rings. The molecule has 0 saturated carbocycles. The lowest BCUT2D eigenvalue weighted by Gasteiger charge is -2.07. The standard InChI is InChI=1S/C24H18ClFN2O2/c1-30-24(29)17-6-4-5-16(11-17)14-28-15-18(20-7-2-3-8-23(20)28)13-27-19-9-10-22(26)21(25)12-19/h2-13,15H,14H2,1H3. The third-order valence-electron chi connectivity index (χ3n) is 4.78. The number of hydrogen-bond acceptors (Lipinski definition) is 3. The number of carbonyl (C=O) groups is 1. The highest BCUT2D eigenvalue weighted by molar-refractivity contribution is 6.31. The van der Waals surface area contributed by atoms with E-state index in [1.807, 2.05) is 48.7 Å². The molecular weight excluding hydrogens is 403 g/mol. The summed E-state index contributed by atoms with van der Waals surface area (Å²) in [5.74, 6) is -0.832. The Morgan fingerprint density at radius 2 is 1.97 bits per heavy atom. The van der Waals surface area contributed by atoms with E-state index in [1.54, 1.807) is 18.3 Å². The van der Waals surface area contributed by atoms with Crippen LogP contribution in [0.3, 0.4) is 0 Å². The molecule has 6 heteroatoms. The van der Waals surface area contributed by atoms with Crippen molar-refractivity contribution in [3.05, 3.63) is 100 Å². The number of halogens is 2. The Bertz CT molecular complexity index is 1260. The van der Waals surface area contributed by atoms with Gasteiger partial charge in [-0.15, -0.1) is 0 Å². The first-order valence-electron chi connectivity index (χ1n) is 9.29. The van der Waals surface area contributed by atoms with Gasteiger partial charge in [-0.3, -0.25) is 4.99 Å². The lowest BCUT2D eigenvalue weighted by Crippen LogP contribution is -2.03. The van der Waals surface area contributed by atoms with Gasteiger partial charge in [0.15, 0.2) is 0 Å². The molecule has 0 bridgehead atoms. The highest BCUT2D eigenvalue weighted by Gasteiger charge is 2.10. The van der Waals surface area contributed by atoms with Crippen LogP contribution in [0.2, 0.25) is 5.02 Å². The molecule has 0 atom stereocenters. The Morgan fingerprint density at radius 1 is 1.13 bits per heavy atom. The van der Waals surface area contributed by atoms with Crippen LogP contribution in [-0.2, 0) is 11.3 Å². The molecule has 0 aliphatic heterocycles. The van der Waals surface area contributed by atoms with E-state index < -0.39 is 5.82 Å². The minimum absolute atomic E-state index is 0.0394. The van der Waals surface area contributed by atoms with E-state index >= 15 is 0 Å². The van der Waals surface area contributed by atoms with Crippen molar-refractivity contribution in [2.45, 2.75) is 6.54 Å². The van der Waals surface area contributed by atoms with Crippen LogP contribution >= 0.6 is 11.6 Å². The Labute approximate surface area is 178 Å². The van der Waals surface area contributed by atoms with E-state index in [9.17, 15) is 9.18 Å². The van der Waals surface area contributed by atoms with Crippen molar-refractivity contribution in [1.29, 1.82) is 0 Å². The topological polar surface area (TPSA) is 43.6 Å². The lowest BCUT2D eigenvalue weighted by molar-refractivity contribution is 0.0600. The van der Waals surface area contributed by atoms with Gasteiger partial charge in [0.2, 0.25) is 0 Å². The second kappa shape index (κ2) is 8.51. The molecule has 0 aliphatic carbocycles. The van der Waals surface area contributed by atoms with E-state index in [0.717, 1.165) is 22.0 Å². The highest BCUT2D eigenvalue weighted by Crippen LogP contribution is 2.24. The van der Waals surface area contributed by atoms with Gasteiger partial charge in [-0.1, -0.05) is 41.9 Å². The van der Waals surface area contributed by atoms with E-state index in [0.29, 0.717) is 17.8 Å². The smallest absolute Gasteiger partial charge is 0.337 e. The zero-order valence-corrected chi connectivity index (χ0v) is 16.9. The van der Waals surface area contributed by atoms with Crippen LogP contribution in [0.15, 0.2) is 77.9 Å². The number of hydrogen-bond donors (Lipinski definition) is 0. The third-order valence-corrected chi connectivity index (χ3v) is 5.07. The summed E-state index contributed by atoms with van der Waals surface area (Å²) >= 11 is 5.84. The second-order valence-electron chi connectivity index (χ2n) is 6.78. The van der Waals surface area contributed by atoms with Gasteiger partial charge in [-0.05, 0) is 42.0 Å². The number of carbonyl (C=O) groups excluding carboxylic acids is 1. The summed E-state index contributed by atoms with van der Waals surface area (Å²) < 4.78 is 20.3. The summed E-state index contributed by atoms with van der Waals surface area (Å²) in [4.78, 5) is 16.3. The van der Waals surface area contributed by atoms with Crippen molar-refractivity contribution in [3.8, 4) is 0 Å². The summed E-state index contributed by atoms with van der Waals surface area (Å²) in [5, 5.41) is 1.08. The predicted molar refractivity (Wildman–Crippen MR) is 117 cm³/mol. The van der Waals surface area contributed by atoms with Gasteiger partial charge in [-0.25, -0.2) is 9.18 Å². The van der Waals surface area contributed by atoms with Crippen LogP contribution in [0.5, 0.6) is 0 Å². The number of benzene rings is 3. The van der Waals surface area contributed by atoms with Crippen molar-refractivity contribution in [2.24, 2.45) is 4.99 Å². The van der Waals surface area contributed by atoms with Crippen molar-refractivity contribution in [2.75, 3.05) is 7.11 Å². The van der Waals surface area contributed by atoms with Crippen LogP contribution in [0, 0.1) is 5.82 Å². The fourth-order valence-electron chi connectivity index (χ4n) is 3.33. The van der Waals surface area contributed by atoms with Crippen LogP contribution in [0.25, 0.3) is 10.9 Å². The van der Waals surface area contributed by atoms with Gasteiger partial charge >= 0.3 is 5.97 Å². The summed E-state index contributed by atoms with van der Waals surface area (Å²) in [6.07, 6.45) is 3.75. The number of rotatable bonds is 5. The van der Waals surface area contributed by atoms with Crippen LogP contribution in [0.1, 0.15) is 21.5 Å². The minimum atomic E-state index is -0.471. The van der Waals surface area contributed by atoms with E-state index in [2.05, 4.69) is 9.56 Å². The van der Waals surface area contributed by atoms with E-state index in [4.69, 9.17) is 16.3 Å². The Balaban J connectivity index is 1.68. The van der Waals surface area contributed by atoms with Crippen LogP contribution in [-0.4, -0.2) is 23.9 Å². The van der Waals surface area contributed by atoms with Crippen LogP contribution < -0.4 is 0 Å². The summed E-state index contributed by atoms with van der Waals surface area (Å²) in [6.45, 7) is 0.585. The average Bonchev–Trinajstić information content (AvgIpc) is 3.11. The number of fused-ring (bicyclic) bond motifs is 1. The molecule has 0 aliphatic rings. The number of methoxy groups -OCH3 is 1. The fraction of sp³-hybridized carbons (Fsp3) is 0.0833. The van der Waals surface area contributed by atoms with Gasteiger partial charge in [0.1, 0.15) is 5.82 Å². The highest BCUT2D eigenvalue weighted by atomic mass is 35.5. The maximum atomic E-state index is 13.4. The molecule has 0 saturated heterocycles. The quantitative estimate of drug-likeness (QED) is 0.292. The zero-order chi connectivity index (χ0) is 21.1. The summed E-state index contributed by atoms with van der Waals surface area (Å²) in [7, 11) is 1.37. The number of aromatic nitrogens is 1. The largest absolute Gasteiger partial charge is 0.465 e. The molecule has 0 unspecified atom stereocenters. The number of esters is 1. The molecule has 4 rings (SSSR count). The minimum Gasteiger partial charge on any atom is -0.465 e. The van der Waals surface area contributed by atoms with Gasteiger partial charge < -0.3 is 9.30 Å². The van der Waals surface area contributed by atoms with E-state index in [-0.39, 0.29) is 11.0 Å². The molecule has 4 nitrogen and oxygen atoms in total. The maximum absolute atomic E-state index is 13.4. The Morgan fingerprint density at radius 3 is 2.77 bits per heavy atom. The number of para-hydroxylation sites is 1. The van der Waals surface area contributed by atoms with Crippen molar-refractivity contribution in [1.82, 2.24) is 4.57 Å². The first kappa shape index (κ1) is 19.9. The Kier molecular flexibility index (Phi) is 5.63. The van der Waals surface area contributed by atoms with Crippen molar-refractivity contribution >= 4 is 40.4 Å². The van der Waals surface area contributed by atoms with Crippen LogP contribution in [0.4, 0.5) is 10.1 Å². The average molecular weight is 421 g/mol. The molecule has 1 heterocycles. The molecule has 0 amide bonds. The SMILES string of the molecule is COC(=O)c1cccc(Cn2cc(C=Nc3ccc(F)c(Cl)c3)c3ccccc32)c1. The van der Waals surface area contributed by atoms with Gasteiger partial charge in [0, 0.05) is 35.4 Å². The molecule has 0 radical (unpaired) electrons. The van der Waals surface area contributed by atoms with Gasteiger partial charge in [-0.2, -0.15) is 0 Å². The molecule has 150 valence electrons. The molecular formula is C24H18ClFN2O2. The molecule has 4 aromatic rings. The molecule has 30 heavy (non-hydrogen) atoms. The lowest BCUT2D eigenvalue weighted by atomic mass is 10.1. The first-order valence-corrected chi connectivity index (χ1v) is 9.67. The maximum Gasteiger partial charge on any atom is 0.337 e. The monoisotopic (exact) mass is 420 g/mol. The summed E-state index contributed by atoms with van der Waals surface area (Å²) in [6, 6.07) is 19.7. The second-order valence-corrected chi connectivity index (χ2v) is 7.19. The predicted octanol–water partition coefficient (Wildman–Crippen LogP) is 6.02. The zero-order valence-electron chi connectivity index (χ0n) is 16.2. The van der Waals surface area contributed by atoms with Crippen molar-refractivity contribution < 1.29 is 13.9 Å². The number of nitrogens with zero attached hydrogens (tertiary/aromatic N) is 2. The molecule has 3 aromatic carbocycles. The van der Waals surface area contributed by atoms with Crippen molar-refractivity contribution in [3.63, 3.8) is 0 Å². The van der Waals surface area contributed by atoms with E-state index in [1.165, 1.54) is 19.2 Å². The third kappa shape index (κ3) is 4.11. The Hall–Kier alpha value is -3.44. The number of aliphatic imine (C=N–C) groups is 1.